The summed E-state index contributed by atoms with van der Waals surface area (Å²) >= 11 is -3.35. The second-order valence-corrected chi connectivity index (χ2v) is 12.8. The molecule has 0 N–H and O–H groups in total. The fourth-order valence-electron chi connectivity index (χ4n) is 4.67. The van der Waals surface area contributed by atoms with Crippen molar-refractivity contribution in [3.8, 4) is 0 Å². The van der Waals surface area contributed by atoms with Crippen LogP contribution in [0.1, 0.15) is 175 Å². The van der Waals surface area contributed by atoms with Crippen LogP contribution in [0.4, 0.5) is 0 Å². The van der Waals surface area contributed by atoms with E-state index in [1.807, 2.05) is 0 Å². The minimum absolute atomic E-state index is 0.653. The van der Waals surface area contributed by atoms with Crippen LogP contribution in [0, 0.1) is 0 Å². The van der Waals surface area contributed by atoms with E-state index < -0.39 is 33.1 Å². The monoisotopic (exact) mass is 618 g/mol. The van der Waals surface area contributed by atoms with Gasteiger partial charge in [0, 0.05) is 18.2 Å². The first-order valence-electron chi connectivity index (χ1n) is 17.6. The molecule has 0 radical (unpaired) electrons. The number of hydrogen-bond acceptors (Lipinski definition) is 6. The van der Waals surface area contributed by atoms with Gasteiger partial charge in [-0.25, -0.2) is 0 Å². The van der Waals surface area contributed by atoms with Crippen molar-refractivity contribution < 1.29 is 25.7 Å². The fourth-order valence-corrected chi connectivity index (χ4v) is 5.62. The molecule has 0 unspecified atom stereocenters. The molecule has 0 saturated carbocycles. The van der Waals surface area contributed by atoms with Crippen molar-refractivity contribution in [1.82, 2.24) is 0 Å². The summed E-state index contributed by atoms with van der Waals surface area (Å²) in [6, 6.07) is 0. The molecule has 0 spiro atoms. The van der Waals surface area contributed by atoms with E-state index in [1.54, 1.807) is 18.2 Å². The first-order chi connectivity index (χ1) is 21.0. The van der Waals surface area contributed by atoms with Crippen LogP contribution in [0.2, 0.25) is 0 Å². The van der Waals surface area contributed by atoms with Crippen molar-refractivity contribution in [1.29, 1.82) is 0 Å². The number of carbonyl (C=O) groups excluding carboxylic acids is 3. The minimum atomic E-state index is -3.35. The lowest BCUT2D eigenvalue weighted by Gasteiger charge is -2.10. The summed E-state index contributed by atoms with van der Waals surface area (Å²) in [5.41, 5.74) is 0. The Bertz CT molecular complexity index is 661. The Morgan fingerprint density at radius 1 is 0.395 bits per heavy atom. The highest BCUT2D eigenvalue weighted by molar-refractivity contribution is 6.45. The quantitative estimate of drug-likeness (QED) is 0.0453. The third kappa shape index (κ3) is 31.4. The van der Waals surface area contributed by atoms with Gasteiger partial charge in [-0.2, -0.15) is 0 Å². The molecular weight excluding hydrogens is 555 g/mol. The van der Waals surface area contributed by atoms with E-state index in [-0.39, 0.29) is 0 Å². The molecule has 0 aliphatic rings. The average molecular weight is 619 g/mol. The van der Waals surface area contributed by atoms with E-state index in [2.05, 4.69) is 20.8 Å². The Morgan fingerprint density at radius 3 is 0.884 bits per heavy atom. The molecule has 0 aromatic carbocycles. The molecule has 0 saturated heterocycles. The van der Waals surface area contributed by atoms with Gasteiger partial charge in [-0.3, -0.25) is 14.4 Å². The number of unbranched alkanes of at least 4 members (excludes halogenated alkanes) is 21. The van der Waals surface area contributed by atoms with Crippen LogP contribution in [-0.2, 0) is 25.7 Å². The lowest BCUT2D eigenvalue weighted by molar-refractivity contribution is -0.141. The second-order valence-electron chi connectivity index (χ2n) is 11.5. The first kappa shape index (κ1) is 41.2. The number of hydrogen-bond donors (Lipinski definition) is 0. The van der Waals surface area contributed by atoms with Gasteiger partial charge in [0.05, 0.1) is 0 Å². The van der Waals surface area contributed by atoms with Crippen molar-refractivity contribution in [3.63, 3.8) is 0 Å². The van der Waals surface area contributed by atoms with E-state index in [1.165, 1.54) is 115 Å². The molecule has 0 bridgehead atoms. The van der Waals surface area contributed by atoms with Crippen molar-refractivity contribution >= 4 is 33.1 Å². The third-order valence-electron chi connectivity index (χ3n) is 7.32. The Morgan fingerprint density at radius 2 is 0.628 bits per heavy atom. The van der Waals surface area contributed by atoms with Crippen LogP contribution in [0.25, 0.3) is 0 Å². The maximum absolute atomic E-state index is 12.4. The molecule has 6 nitrogen and oxygen atoms in total. The predicted octanol–water partition coefficient (Wildman–Crippen LogP) is 10.7. The van der Waals surface area contributed by atoms with E-state index >= 15 is 0 Å². The normalized spacial score (nSPS) is 11.5. The van der Waals surface area contributed by atoms with Gasteiger partial charge in [0.1, 0.15) is 0 Å². The Kier molecular flexibility index (Phi) is 31.7. The van der Waals surface area contributed by atoms with Crippen LogP contribution in [0.15, 0.2) is 36.5 Å². The van der Waals surface area contributed by atoms with Gasteiger partial charge in [0.2, 0.25) is 0 Å². The third-order valence-corrected chi connectivity index (χ3v) is 8.60. The molecule has 0 aliphatic heterocycles. The van der Waals surface area contributed by atoms with Crippen molar-refractivity contribution in [2.24, 2.45) is 0 Å². The molecule has 0 aromatic rings. The molecule has 0 amide bonds. The van der Waals surface area contributed by atoms with Gasteiger partial charge in [-0.05, 0) is 38.5 Å². The topological polar surface area (TPSA) is 78.9 Å². The SMILES string of the molecule is CCCCCCCCCC=CC(=O)[O][Al]([O]C(=O)C=CCCCCCCCCC)[O]C(=O)C=CCCCCCCCCC. The lowest BCUT2D eigenvalue weighted by Crippen LogP contribution is -2.33. The van der Waals surface area contributed by atoms with Crippen LogP contribution in [-0.4, -0.2) is 33.1 Å². The van der Waals surface area contributed by atoms with Crippen molar-refractivity contribution in [3.05, 3.63) is 36.5 Å². The largest absolute Gasteiger partial charge is 1.20 e. The molecular formula is C36H63AlO6. The van der Waals surface area contributed by atoms with Crippen molar-refractivity contribution in [2.45, 2.75) is 175 Å². The van der Waals surface area contributed by atoms with Crippen LogP contribution < -0.4 is 0 Å². The summed E-state index contributed by atoms with van der Waals surface area (Å²) in [4.78, 5) is 37.2. The van der Waals surface area contributed by atoms with Crippen molar-refractivity contribution in [2.75, 3.05) is 0 Å². The molecule has 0 aliphatic carbocycles. The van der Waals surface area contributed by atoms with Crippen LogP contribution >= 0.6 is 0 Å². The number of rotatable bonds is 30. The number of allylic oxidation sites excluding steroid dienone is 3. The molecule has 0 rings (SSSR count). The Hall–Kier alpha value is -1.84. The van der Waals surface area contributed by atoms with Gasteiger partial charge in [0.25, 0.3) is 17.9 Å². The Balaban J connectivity index is 4.63. The van der Waals surface area contributed by atoms with E-state index in [4.69, 9.17) is 11.4 Å². The standard InChI is InChI=1S/3C12H22O2.Al/c3*1-2-3-4-5-6-7-8-9-10-11-12(13)14;/h3*10-11H,2-9H2,1H3,(H,13,14);/q;;;+3/p-3. The van der Waals surface area contributed by atoms with E-state index in [0.29, 0.717) is 0 Å². The molecule has 0 aromatic heterocycles. The van der Waals surface area contributed by atoms with Gasteiger partial charge in [-0.1, -0.05) is 155 Å². The summed E-state index contributed by atoms with van der Waals surface area (Å²) < 4.78 is 15.9. The smallest absolute Gasteiger partial charge is 0.547 e. The second kappa shape index (κ2) is 33.1. The summed E-state index contributed by atoms with van der Waals surface area (Å²) in [6.07, 6.45) is 36.9. The van der Waals surface area contributed by atoms with Gasteiger partial charge in [-0.15, -0.1) is 0 Å². The zero-order chi connectivity index (χ0) is 31.6. The highest BCUT2D eigenvalue weighted by Crippen LogP contribution is 2.11. The average Bonchev–Trinajstić information content (AvgIpc) is 2.98. The Labute approximate surface area is 269 Å². The summed E-state index contributed by atoms with van der Waals surface area (Å²) in [5, 5.41) is 0. The van der Waals surface area contributed by atoms with Crippen LogP contribution in [0.3, 0.4) is 0 Å². The maximum atomic E-state index is 12.4. The summed E-state index contributed by atoms with van der Waals surface area (Å²) in [5.74, 6) is -1.96. The summed E-state index contributed by atoms with van der Waals surface area (Å²) in [6.45, 7) is 6.63. The van der Waals surface area contributed by atoms with E-state index in [9.17, 15) is 14.4 Å². The van der Waals surface area contributed by atoms with Gasteiger partial charge < -0.3 is 11.4 Å². The number of carbonyl (C=O) groups is 3. The molecule has 43 heavy (non-hydrogen) atoms. The highest BCUT2D eigenvalue weighted by Gasteiger charge is 2.48. The molecule has 246 valence electrons. The molecule has 0 fully saturated rings. The van der Waals surface area contributed by atoms with Crippen LogP contribution in [0.5, 0.6) is 0 Å². The highest BCUT2D eigenvalue weighted by atomic mass is 27.3. The molecule has 0 heterocycles. The van der Waals surface area contributed by atoms with Gasteiger partial charge in [0.15, 0.2) is 0 Å². The fraction of sp³-hybridized carbons (Fsp3) is 0.750. The van der Waals surface area contributed by atoms with E-state index in [0.717, 1.165) is 57.8 Å². The summed E-state index contributed by atoms with van der Waals surface area (Å²) in [7, 11) is 0. The zero-order valence-corrected chi connectivity index (χ0v) is 29.1. The zero-order valence-electron chi connectivity index (χ0n) is 28.0. The molecule has 0 atom stereocenters. The minimum Gasteiger partial charge on any atom is -0.547 e. The molecule has 7 heteroatoms. The first-order valence-corrected chi connectivity index (χ1v) is 19.1. The van der Waals surface area contributed by atoms with Gasteiger partial charge >= 0.3 is 15.1 Å². The maximum Gasteiger partial charge on any atom is 1.20 e. The lowest BCUT2D eigenvalue weighted by atomic mass is 10.1. The predicted molar refractivity (Wildman–Crippen MR) is 179 cm³/mol.